The second kappa shape index (κ2) is 6.88. The molecule has 0 saturated heterocycles. The average Bonchev–Trinajstić information content (AvgIpc) is 2.33. The maximum Gasteiger partial charge on any atom is 0.253 e. The number of hydrogen-bond acceptors (Lipinski definition) is 3. The molecule has 1 aromatic rings. The van der Waals surface area contributed by atoms with Crippen molar-refractivity contribution in [2.24, 2.45) is 5.92 Å². The lowest BCUT2D eigenvalue weighted by atomic mass is 10.2. The third-order valence-corrected chi connectivity index (χ3v) is 2.69. The van der Waals surface area contributed by atoms with Gasteiger partial charge < -0.3 is 9.80 Å². The summed E-state index contributed by atoms with van der Waals surface area (Å²) >= 11 is 0. The van der Waals surface area contributed by atoms with Crippen LogP contribution in [0.3, 0.4) is 0 Å². The normalized spacial score (nSPS) is 11.5. The number of aromatic nitrogens is 1. The van der Waals surface area contributed by atoms with E-state index in [4.69, 9.17) is 0 Å². The topological polar surface area (TPSA) is 19.4 Å². The highest BCUT2D eigenvalue weighted by atomic mass is 19.2. The summed E-state index contributed by atoms with van der Waals surface area (Å²) in [7, 11) is 3.60. The zero-order valence-electron chi connectivity index (χ0n) is 12.1. The molecule has 0 aliphatic rings. The Hall–Kier alpha value is -1.37. The van der Waals surface area contributed by atoms with E-state index >= 15 is 0 Å². The Morgan fingerprint density at radius 2 is 1.45 bits per heavy atom. The van der Waals surface area contributed by atoms with E-state index in [9.17, 15) is 17.6 Å². The summed E-state index contributed by atoms with van der Waals surface area (Å²) in [4.78, 5) is 5.69. The van der Waals surface area contributed by atoms with E-state index in [0.29, 0.717) is 6.54 Å². The molecular weight excluding hydrogens is 274 g/mol. The van der Waals surface area contributed by atoms with E-state index in [0.717, 1.165) is 0 Å². The highest BCUT2D eigenvalue weighted by Gasteiger charge is 2.25. The van der Waals surface area contributed by atoms with Crippen LogP contribution in [0.1, 0.15) is 13.8 Å². The predicted octanol–water partition coefficient (Wildman–Crippen LogP) is 2.66. The molecule has 0 N–H and O–H groups in total. The zero-order chi connectivity index (χ0) is 15.4. The van der Waals surface area contributed by atoms with Gasteiger partial charge in [0.05, 0.1) is 0 Å². The highest BCUT2D eigenvalue weighted by molar-refractivity contribution is 5.48. The number of likely N-dealkylation sites (N-methyl/N-ethyl adjacent to an activating group) is 1. The van der Waals surface area contributed by atoms with Crippen molar-refractivity contribution in [3.63, 3.8) is 0 Å². The standard InChI is InChI=1S/C13H19F4N3/c1-8(2)7-20(6-5-19(3)4)11-9(14)12(16)18-13(17)10(11)15/h8H,5-7H2,1-4H3. The number of hydrogen-bond donors (Lipinski definition) is 0. The number of rotatable bonds is 6. The molecule has 0 aliphatic carbocycles. The van der Waals surface area contributed by atoms with Gasteiger partial charge in [0, 0.05) is 19.6 Å². The van der Waals surface area contributed by atoms with Gasteiger partial charge in [-0.15, -0.1) is 0 Å². The summed E-state index contributed by atoms with van der Waals surface area (Å²) in [5, 5.41) is 0. The number of anilines is 1. The molecule has 1 heterocycles. The summed E-state index contributed by atoms with van der Waals surface area (Å²) in [5.74, 6) is -6.09. The fourth-order valence-corrected chi connectivity index (χ4v) is 1.81. The first kappa shape index (κ1) is 16.7. The molecule has 0 aliphatic heterocycles. The largest absolute Gasteiger partial charge is 0.365 e. The Morgan fingerprint density at radius 1 is 0.950 bits per heavy atom. The molecule has 0 atom stereocenters. The van der Waals surface area contributed by atoms with Gasteiger partial charge in [0.2, 0.25) is 11.6 Å². The Morgan fingerprint density at radius 3 is 1.85 bits per heavy atom. The smallest absolute Gasteiger partial charge is 0.253 e. The first-order valence-electron chi connectivity index (χ1n) is 6.33. The number of pyridine rings is 1. The van der Waals surface area contributed by atoms with Crippen LogP contribution in [-0.2, 0) is 0 Å². The van der Waals surface area contributed by atoms with Crippen molar-refractivity contribution in [3.8, 4) is 0 Å². The van der Waals surface area contributed by atoms with Crippen LogP contribution in [0.4, 0.5) is 23.2 Å². The molecular formula is C13H19F4N3. The van der Waals surface area contributed by atoms with Gasteiger partial charge >= 0.3 is 0 Å². The van der Waals surface area contributed by atoms with Gasteiger partial charge in [0.15, 0.2) is 0 Å². The molecule has 7 heteroatoms. The molecule has 1 rings (SSSR count). The third kappa shape index (κ3) is 4.06. The Kier molecular flexibility index (Phi) is 5.74. The summed E-state index contributed by atoms with van der Waals surface area (Å²) in [5.41, 5.74) is -0.689. The number of halogens is 4. The van der Waals surface area contributed by atoms with Gasteiger partial charge in [-0.2, -0.15) is 22.5 Å². The van der Waals surface area contributed by atoms with Crippen molar-refractivity contribution in [2.75, 3.05) is 38.6 Å². The number of nitrogens with zero attached hydrogens (tertiary/aromatic N) is 3. The lowest BCUT2D eigenvalue weighted by Gasteiger charge is -2.28. The molecule has 0 amide bonds. The van der Waals surface area contributed by atoms with E-state index in [-0.39, 0.29) is 19.0 Å². The molecule has 0 bridgehead atoms. The van der Waals surface area contributed by atoms with Crippen LogP contribution < -0.4 is 4.90 Å². The molecule has 0 unspecified atom stereocenters. The maximum absolute atomic E-state index is 13.8. The maximum atomic E-state index is 13.8. The van der Waals surface area contributed by atoms with Gasteiger partial charge in [-0.25, -0.2) is 0 Å². The van der Waals surface area contributed by atoms with Gasteiger partial charge in [-0.05, 0) is 20.0 Å². The molecule has 0 spiro atoms. The fourth-order valence-electron chi connectivity index (χ4n) is 1.81. The van der Waals surface area contributed by atoms with E-state index in [1.165, 1.54) is 4.90 Å². The van der Waals surface area contributed by atoms with E-state index in [1.54, 1.807) is 14.1 Å². The molecule has 0 aromatic carbocycles. The van der Waals surface area contributed by atoms with Crippen LogP contribution in [0, 0.1) is 29.4 Å². The minimum Gasteiger partial charge on any atom is -0.365 e. The lowest BCUT2D eigenvalue weighted by Crippen LogP contribution is -2.36. The molecule has 114 valence electrons. The molecule has 3 nitrogen and oxygen atoms in total. The predicted molar refractivity (Wildman–Crippen MR) is 69.7 cm³/mol. The third-order valence-electron chi connectivity index (χ3n) is 2.69. The quantitative estimate of drug-likeness (QED) is 0.594. The van der Waals surface area contributed by atoms with Crippen LogP contribution in [0.15, 0.2) is 0 Å². The molecule has 20 heavy (non-hydrogen) atoms. The second-order valence-corrected chi connectivity index (χ2v) is 5.31. The second-order valence-electron chi connectivity index (χ2n) is 5.31. The molecule has 1 aromatic heterocycles. The van der Waals surface area contributed by atoms with Crippen LogP contribution in [0.25, 0.3) is 0 Å². The van der Waals surface area contributed by atoms with Crippen molar-refractivity contribution in [3.05, 3.63) is 23.5 Å². The van der Waals surface area contributed by atoms with Gasteiger partial charge in [0.1, 0.15) is 5.69 Å². The highest BCUT2D eigenvalue weighted by Crippen LogP contribution is 2.26. The fraction of sp³-hybridized carbons (Fsp3) is 0.615. The van der Waals surface area contributed by atoms with Gasteiger partial charge in [-0.1, -0.05) is 13.8 Å². The Labute approximate surface area is 116 Å². The first-order valence-corrected chi connectivity index (χ1v) is 6.33. The van der Waals surface area contributed by atoms with Crippen molar-refractivity contribution in [2.45, 2.75) is 13.8 Å². The molecule has 0 saturated carbocycles. The van der Waals surface area contributed by atoms with Crippen molar-refractivity contribution in [1.29, 1.82) is 0 Å². The van der Waals surface area contributed by atoms with Crippen molar-refractivity contribution >= 4 is 5.69 Å². The summed E-state index contributed by atoms with van der Waals surface area (Å²) in [6.07, 6.45) is 0. The molecule has 0 radical (unpaired) electrons. The van der Waals surface area contributed by atoms with Crippen LogP contribution >= 0.6 is 0 Å². The van der Waals surface area contributed by atoms with Crippen molar-refractivity contribution in [1.82, 2.24) is 9.88 Å². The lowest BCUT2D eigenvalue weighted by molar-refractivity contribution is 0.389. The zero-order valence-corrected chi connectivity index (χ0v) is 12.1. The SMILES string of the molecule is CC(C)CN(CCN(C)C)c1c(F)c(F)nc(F)c1F. The summed E-state index contributed by atoms with van der Waals surface area (Å²) in [6, 6.07) is 0. The van der Waals surface area contributed by atoms with E-state index < -0.39 is 29.2 Å². The average molecular weight is 293 g/mol. The van der Waals surface area contributed by atoms with Gasteiger partial charge in [-0.3, -0.25) is 0 Å². The van der Waals surface area contributed by atoms with Crippen LogP contribution in [0.2, 0.25) is 0 Å². The first-order chi connectivity index (χ1) is 9.23. The van der Waals surface area contributed by atoms with E-state index in [2.05, 4.69) is 4.98 Å². The minimum absolute atomic E-state index is 0.0789. The summed E-state index contributed by atoms with van der Waals surface area (Å²) in [6.45, 7) is 4.74. The summed E-state index contributed by atoms with van der Waals surface area (Å²) < 4.78 is 53.9. The van der Waals surface area contributed by atoms with Crippen LogP contribution in [0.5, 0.6) is 0 Å². The minimum atomic E-state index is -1.63. The monoisotopic (exact) mass is 293 g/mol. The Balaban J connectivity index is 3.18. The molecule has 0 fully saturated rings. The van der Waals surface area contributed by atoms with Gasteiger partial charge in [0.25, 0.3) is 11.9 Å². The van der Waals surface area contributed by atoms with E-state index in [1.807, 2.05) is 18.7 Å². The van der Waals surface area contributed by atoms with Crippen molar-refractivity contribution < 1.29 is 17.6 Å². The Bertz CT molecular complexity index is 437. The van der Waals surface area contributed by atoms with Crippen LogP contribution in [-0.4, -0.2) is 43.6 Å².